The van der Waals surface area contributed by atoms with Crippen LogP contribution in [0.25, 0.3) is 0 Å². The molecule has 1 aliphatic carbocycles. The van der Waals surface area contributed by atoms with E-state index in [1.54, 1.807) is 0 Å². The van der Waals surface area contributed by atoms with Gasteiger partial charge in [-0.15, -0.1) is 0 Å². The quantitative estimate of drug-likeness (QED) is 0.481. The van der Waals surface area contributed by atoms with Gasteiger partial charge >= 0.3 is 0 Å². The molecular weight excluding hydrogens is 216 g/mol. The van der Waals surface area contributed by atoms with Gasteiger partial charge in [-0.1, -0.05) is 78.6 Å². The van der Waals surface area contributed by atoms with E-state index >= 15 is 0 Å². The van der Waals surface area contributed by atoms with Gasteiger partial charge in [0.15, 0.2) is 0 Å². The molecule has 1 radical (unpaired) electrons. The molecule has 1 aliphatic rings. The lowest BCUT2D eigenvalue weighted by atomic mass is 9.85. The van der Waals surface area contributed by atoms with Gasteiger partial charge in [-0.25, -0.2) is 0 Å². The molecule has 1 rings (SSSR count). The van der Waals surface area contributed by atoms with Gasteiger partial charge in [-0.05, 0) is 37.0 Å². The van der Waals surface area contributed by atoms with Crippen LogP contribution in [-0.2, 0) is 0 Å². The van der Waals surface area contributed by atoms with E-state index in [1.807, 2.05) is 5.92 Å². The van der Waals surface area contributed by atoms with Crippen LogP contribution in [0, 0.1) is 17.8 Å². The van der Waals surface area contributed by atoms with E-state index in [0.717, 1.165) is 11.8 Å². The lowest BCUT2D eigenvalue weighted by molar-refractivity contribution is 0.413. The minimum Gasteiger partial charge on any atom is -0.0628 e. The van der Waals surface area contributed by atoms with Crippen LogP contribution >= 0.6 is 0 Å². The summed E-state index contributed by atoms with van der Waals surface area (Å²) in [5.41, 5.74) is 0. The Balaban J connectivity index is 2.06. The number of hydrogen-bond donors (Lipinski definition) is 0. The van der Waals surface area contributed by atoms with Crippen LogP contribution in [0.2, 0.25) is 0 Å². The van der Waals surface area contributed by atoms with E-state index in [0.29, 0.717) is 0 Å². The van der Waals surface area contributed by atoms with E-state index in [1.165, 1.54) is 77.0 Å². The predicted molar refractivity (Wildman–Crippen MR) is 82.6 cm³/mol. The molecule has 0 N–H and O–H groups in total. The largest absolute Gasteiger partial charge is 0.0628 e. The van der Waals surface area contributed by atoms with Crippen LogP contribution in [0.5, 0.6) is 0 Å². The Morgan fingerprint density at radius 3 is 2.00 bits per heavy atom. The maximum Gasteiger partial charge on any atom is -0.0241 e. The van der Waals surface area contributed by atoms with Gasteiger partial charge in [0.05, 0.1) is 0 Å². The zero-order chi connectivity index (χ0) is 13.2. The van der Waals surface area contributed by atoms with Crippen LogP contribution in [-0.4, -0.2) is 0 Å². The minimum absolute atomic E-state index is 0.886. The fourth-order valence-corrected chi connectivity index (χ4v) is 3.12. The topological polar surface area (TPSA) is 0 Å². The molecule has 18 heavy (non-hydrogen) atoms. The Morgan fingerprint density at radius 1 is 0.778 bits per heavy atom. The van der Waals surface area contributed by atoms with Gasteiger partial charge in [-0.2, -0.15) is 0 Å². The summed E-state index contributed by atoms with van der Waals surface area (Å²) in [6.07, 6.45) is 17.5. The average molecular weight is 251 g/mol. The van der Waals surface area contributed by atoms with E-state index in [4.69, 9.17) is 0 Å². The molecule has 1 saturated carbocycles. The zero-order valence-electron chi connectivity index (χ0n) is 13.1. The highest BCUT2D eigenvalue weighted by molar-refractivity contribution is 4.90. The van der Waals surface area contributed by atoms with Crippen molar-refractivity contribution in [2.45, 2.75) is 97.8 Å². The highest BCUT2D eigenvalue weighted by Crippen LogP contribution is 2.29. The first kappa shape index (κ1) is 16.1. The summed E-state index contributed by atoms with van der Waals surface area (Å²) in [5.74, 6) is 3.73. The summed E-state index contributed by atoms with van der Waals surface area (Å²) in [6.45, 7) is 7.15. The Kier molecular flexibility index (Phi) is 8.80. The van der Waals surface area contributed by atoms with Gasteiger partial charge in [0.25, 0.3) is 0 Å². The van der Waals surface area contributed by atoms with Gasteiger partial charge < -0.3 is 0 Å². The van der Waals surface area contributed by atoms with Crippen LogP contribution in [0.4, 0.5) is 0 Å². The smallest absolute Gasteiger partial charge is 0.0241 e. The maximum absolute atomic E-state index is 2.46. The Hall–Kier alpha value is 0. The first-order valence-electron chi connectivity index (χ1n) is 8.52. The first-order valence-corrected chi connectivity index (χ1v) is 8.52. The molecule has 0 aromatic rings. The van der Waals surface area contributed by atoms with Crippen molar-refractivity contribution in [1.82, 2.24) is 0 Å². The highest BCUT2D eigenvalue weighted by Gasteiger charge is 2.13. The SMILES string of the molecule is CC(C)CCCC(C)CC[C]1CCCCCCC1. The second kappa shape index (κ2) is 9.87. The molecule has 0 aromatic carbocycles. The fraction of sp³-hybridized carbons (Fsp3) is 0.944. The Morgan fingerprint density at radius 2 is 1.39 bits per heavy atom. The van der Waals surface area contributed by atoms with Crippen molar-refractivity contribution in [3.63, 3.8) is 0 Å². The minimum atomic E-state index is 0.886. The lowest BCUT2D eigenvalue weighted by Gasteiger charge is -2.21. The van der Waals surface area contributed by atoms with E-state index in [2.05, 4.69) is 20.8 Å². The van der Waals surface area contributed by atoms with E-state index in [-0.39, 0.29) is 0 Å². The van der Waals surface area contributed by atoms with Crippen LogP contribution in [0.15, 0.2) is 0 Å². The second-order valence-corrected chi connectivity index (χ2v) is 6.99. The maximum atomic E-state index is 2.46. The molecule has 0 bridgehead atoms. The van der Waals surface area contributed by atoms with Crippen molar-refractivity contribution in [2.24, 2.45) is 11.8 Å². The molecular formula is C18H35. The third-order valence-electron chi connectivity index (χ3n) is 4.53. The fourth-order valence-electron chi connectivity index (χ4n) is 3.12. The molecule has 1 atom stereocenters. The van der Waals surface area contributed by atoms with Crippen molar-refractivity contribution in [3.05, 3.63) is 5.92 Å². The molecule has 0 nitrogen and oxygen atoms in total. The van der Waals surface area contributed by atoms with Crippen molar-refractivity contribution < 1.29 is 0 Å². The number of hydrogen-bond acceptors (Lipinski definition) is 0. The molecule has 0 spiro atoms. The standard InChI is InChI=1S/C18H35/c1-16(2)10-9-11-17(3)14-15-18-12-7-5-4-6-8-13-18/h16-17H,4-15H2,1-3H3. The highest BCUT2D eigenvalue weighted by atomic mass is 14.2. The van der Waals surface area contributed by atoms with Crippen LogP contribution in [0.1, 0.15) is 97.8 Å². The van der Waals surface area contributed by atoms with Gasteiger partial charge in [-0.3, -0.25) is 0 Å². The molecule has 1 unspecified atom stereocenters. The molecule has 0 saturated heterocycles. The molecule has 107 valence electrons. The molecule has 0 amide bonds. The monoisotopic (exact) mass is 251 g/mol. The third kappa shape index (κ3) is 8.16. The van der Waals surface area contributed by atoms with Crippen molar-refractivity contribution in [2.75, 3.05) is 0 Å². The molecule has 0 heterocycles. The van der Waals surface area contributed by atoms with Crippen molar-refractivity contribution >= 4 is 0 Å². The zero-order valence-corrected chi connectivity index (χ0v) is 13.1. The van der Waals surface area contributed by atoms with Crippen molar-refractivity contribution in [3.8, 4) is 0 Å². The number of rotatable bonds is 7. The molecule has 0 aliphatic heterocycles. The predicted octanol–water partition coefficient (Wildman–Crippen LogP) is 6.55. The second-order valence-electron chi connectivity index (χ2n) is 6.99. The van der Waals surface area contributed by atoms with Crippen LogP contribution < -0.4 is 0 Å². The van der Waals surface area contributed by atoms with Gasteiger partial charge in [0, 0.05) is 0 Å². The first-order chi connectivity index (χ1) is 8.68. The van der Waals surface area contributed by atoms with E-state index < -0.39 is 0 Å². The summed E-state index contributed by atoms with van der Waals surface area (Å²) >= 11 is 0. The molecule has 0 heteroatoms. The summed E-state index contributed by atoms with van der Waals surface area (Å²) < 4.78 is 0. The Labute approximate surface area is 116 Å². The Bertz CT molecular complexity index is 174. The van der Waals surface area contributed by atoms with Gasteiger partial charge in [0.1, 0.15) is 0 Å². The summed E-state index contributed by atoms with van der Waals surface area (Å²) in [7, 11) is 0. The third-order valence-corrected chi connectivity index (χ3v) is 4.53. The summed E-state index contributed by atoms with van der Waals surface area (Å²) in [5, 5.41) is 0. The van der Waals surface area contributed by atoms with Gasteiger partial charge in [0.2, 0.25) is 0 Å². The van der Waals surface area contributed by atoms with Crippen LogP contribution in [0.3, 0.4) is 0 Å². The molecule has 0 aromatic heterocycles. The van der Waals surface area contributed by atoms with Crippen molar-refractivity contribution in [1.29, 1.82) is 0 Å². The molecule has 1 fully saturated rings. The average Bonchev–Trinajstić information content (AvgIpc) is 2.27. The summed E-state index contributed by atoms with van der Waals surface area (Å²) in [4.78, 5) is 0. The lowest BCUT2D eigenvalue weighted by Crippen LogP contribution is -2.05. The summed E-state index contributed by atoms with van der Waals surface area (Å²) in [6, 6.07) is 0. The van der Waals surface area contributed by atoms with E-state index in [9.17, 15) is 0 Å². The normalized spacial score (nSPS) is 20.7.